The molecular formula is C19H19N7O. The van der Waals surface area contributed by atoms with Gasteiger partial charge in [0.1, 0.15) is 11.3 Å². The van der Waals surface area contributed by atoms with E-state index >= 15 is 0 Å². The molecule has 8 heteroatoms. The number of amides is 2. The molecule has 3 aromatic rings. The minimum atomic E-state index is -0.303. The summed E-state index contributed by atoms with van der Waals surface area (Å²) in [6.45, 7) is 3.23. The van der Waals surface area contributed by atoms with Gasteiger partial charge in [-0.1, -0.05) is 6.08 Å². The molecule has 0 aliphatic carbocycles. The smallest absolute Gasteiger partial charge is 0.320 e. The SMILES string of the molecule is CCNC(=O)Nc1ccc2ncc(Nc3ccc4c(c3)=CCCN=4)nc2n1. The van der Waals surface area contributed by atoms with Gasteiger partial charge in [-0.05, 0) is 48.9 Å². The number of fused-ring (bicyclic) bond motifs is 2. The number of carbonyl (C=O) groups excluding carboxylic acids is 1. The minimum Gasteiger partial charge on any atom is -0.339 e. The molecule has 0 radical (unpaired) electrons. The van der Waals surface area contributed by atoms with E-state index in [0.29, 0.717) is 29.3 Å². The van der Waals surface area contributed by atoms with E-state index in [2.05, 4.69) is 42.0 Å². The Kier molecular flexibility index (Phi) is 4.61. The molecule has 136 valence electrons. The standard InChI is InChI=1S/C19H19N7O/c1-2-20-19(27)26-16-8-7-15-18(24-16)25-17(11-22-15)23-13-5-6-14-12(10-13)4-3-9-21-14/h4-8,10-11H,2-3,9H2,1H3,(H3,20,23,24,25,26,27). The number of aromatic nitrogens is 3. The van der Waals surface area contributed by atoms with Crippen LogP contribution in [0.4, 0.5) is 22.1 Å². The number of rotatable bonds is 4. The summed E-state index contributed by atoms with van der Waals surface area (Å²) in [4.78, 5) is 29.4. The van der Waals surface area contributed by atoms with Gasteiger partial charge >= 0.3 is 6.03 Å². The molecule has 0 atom stereocenters. The highest BCUT2D eigenvalue weighted by molar-refractivity contribution is 5.89. The van der Waals surface area contributed by atoms with Crippen molar-refractivity contribution < 1.29 is 4.79 Å². The summed E-state index contributed by atoms with van der Waals surface area (Å²) in [5, 5.41) is 10.7. The Morgan fingerprint density at radius 3 is 2.93 bits per heavy atom. The number of nitrogens with one attached hydrogen (secondary N) is 3. The lowest BCUT2D eigenvalue weighted by atomic mass is 10.2. The summed E-state index contributed by atoms with van der Waals surface area (Å²) < 4.78 is 0. The normalized spacial score (nSPS) is 12.5. The van der Waals surface area contributed by atoms with Gasteiger partial charge in [0.25, 0.3) is 0 Å². The van der Waals surface area contributed by atoms with Crippen LogP contribution in [0.1, 0.15) is 13.3 Å². The number of hydrogen-bond donors (Lipinski definition) is 3. The van der Waals surface area contributed by atoms with Crippen molar-refractivity contribution in [2.24, 2.45) is 4.99 Å². The Balaban J connectivity index is 1.60. The summed E-state index contributed by atoms with van der Waals surface area (Å²) in [5.74, 6) is 1.00. The van der Waals surface area contributed by atoms with Crippen molar-refractivity contribution in [1.82, 2.24) is 20.3 Å². The van der Waals surface area contributed by atoms with Crippen LogP contribution in [0.15, 0.2) is 41.5 Å². The quantitative estimate of drug-likeness (QED) is 0.656. The summed E-state index contributed by atoms with van der Waals surface area (Å²) in [7, 11) is 0. The van der Waals surface area contributed by atoms with Crippen molar-refractivity contribution in [2.75, 3.05) is 23.7 Å². The molecule has 0 saturated carbocycles. The van der Waals surface area contributed by atoms with Crippen molar-refractivity contribution in [1.29, 1.82) is 0 Å². The van der Waals surface area contributed by atoms with Gasteiger partial charge in [0.05, 0.1) is 11.6 Å². The van der Waals surface area contributed by atoms with Gasteiger partial charge in [-0.25, -0.2) is 19.7 Å². The maximum atomic E-state index is 11.7. The van der Waals surface area contributed by atoms with Crippen molar-refractivity contribution in [3.8, 4) is 0 Å². The van der Waals surface area contributed by atoms with Gasteiger partial charge in [-0.15, -0.1) is 0 Å². The van der Waals surface area contributed by atoms with E-state index in [0.717, 1.165) is 29.2 Å². The van der Waals surface area contributed by atoms with Gasteiger partial charge in [0.15, 0.2) is 11.5 Å². The highest BCUT2D eigenvalue weighted by atomic mass is 16.2. The highest BCUT2D eigenvalue weighted by Crippen LogP contribution is 2.16. The fourth-order valence-corrected chi connectivity index (χ4v) is 2.84. The van der Waals surface area contributed by atoms with E-state index in [1.54, 1.807) is 18.3 Å². The summed E-state index contributed by atoms with van der Waals surface area (Å²) in [5.41, 5.74) is 2.01. The van der Waals surface area contributed by atoms with E-state index in [1.165, 1.54) is 0 Å². The third-order valence-electron chi connectivity index (χ3n) is 4.06. The second kappa shape index (κ2) is 7.36. The van der Waals surface area contributed by atoms with Crippen molar-refractivity contribution in [2.45, 2.75) is 13.3 Å². The number of hydrogen-bond acceptors (Lipinski definition) is 6. The molecule has 1 aromatic carbocycles. The summed E-state index contributed by atoms with van der Waals surface area (Å²) in [6.07, 6.45) is 4.80. The molecule has 3 heterocycles. The Morgan fingerprint density at radius 2 is 2.04 bits per heavy atom. The van der Waals surface area contributed by atoms with E-state index in [-0.39, 0.29) is 6.03 Å². The summed E-state index contributed by atoms with van der Waals surface area (Å²) >= 11 is 0. The Bertz CT molecular complexity index is 1130. The van der Waals surface area contributed by atoms with Gasteiger partial charge in [-0.3, -0.25) is 10.3 Å². The van der Waals surface area contributed by atoms with Crippen molar-refractivity contribution in [3.63, 3.8) is 0 Å². The lowest BCUT2D eigenvalue weighted by molar-refractivity contribution is 0.252. The number of benzene rings is 1. The van der Waals surface area contributed by atoms with Crippen molar-refractivity contribution in [3.05, 3.63) is 47.1 Å². The molecule has 0 unspecified atom stereocenters. The van der Waals surface area contributed by atoms with Crippen LogP contribution < -0.4 is 26.5 Å². The molecule has 1 aliphatic rings. The molecule has 0 bridgehead atoms. The third kappa shape index (κ3) is 3.84. The number of nitrogens with zero attached hydrogens (tertiary/aromatic N) is 4. The minimum absolute atomic E-state index is 0.303. The topological polar surface area (TPSA) is 104 Å². The molecule has 1 aliphatic heterocycles. The van der Waals surface area contributed by atoms with Crippen LogP contribution >= 0.6 is 0 Å². The van der Waals surface area contributed by atoms with E-state index in [1.807, 2.05) is 25.1 Å². The fourth-order valence-electron chi connectivity index (χ4n) is 2.84. The van der Waals surface area contributed by atoms with Crippen LogP contribution in [-0.2, 0) is 0 Å². The average molecular weight is 361 g/mol. The number of carbonyl (C=O) groups is 1. The Labute approximate surface area is 155 Å². The second-order valence-electron chi connectivity index (χ2n) is 6.05. The molecule has 4 rings (SSSR count). The first-order valence-corrected chi connectivity index (χ1v) is 8.82. The molecule has 0 spiro atoms. The molecule has 0 fully saturated rings. The lowest BCUT2D eigenvalue weighted by Crippen LogP contribution is -2.28. The molecule has 2 amide bonds. The van der Waals surface area contributed by atoms with Crippen LogP contribution in [0, 0.1) is 0 Å². The first-order chi connectivity index (χ1) is 13.2. The molecular weight excluding hydrogens is 342 g/mol. The zero-order valence-electron chi connectivity index (χ0n) is 14.9. The van der Waals surface area contributed by atoms with E-state index in [9.17, 15) is 4.79 Å². The maximum absolute atomic E-state index is 11.7. The monoisotopic (exact) mass is 361 g/mol. The predicted molar refractivity (Wildman–Crippen MR) is 104 cm³/mol. The molecule has 0 saturated heterocycles. The number of urea groups is 1. The molecule has 8 nitrogen and oxygen atoms in total. The van der Waals surface area contributed by atoms with Crippen LogP contribution in [-0.4, -0.2) is 34.1 Å². The second-order valence-corrected chi connectivity index (χ2v) is 6.05. The van der Waals surface area contributed by atoms with Gasteiger partial charge in [0, 0.05) is 18.8 Å². The lowest BCUT2D eigenvalue weighted by Gasteiger charge is -2.08. The van der Waals surface area contributed by atoms with Gasteiger partial charge in [-0.2, -0.15) is 0 Å². The zero-order chi connectivity index (χ0) is 18.6. The molecule has 27 heavy (non-hydrogen) atoms. The number of anilines is 3. The van der Waals surface area contributed by atoms with E-state index < -0.39 is 0 Å². The maximum Gasteiger partial charge on any atom is 0.320 e. The predicted octanol–water partition coefficient (Wildman–Crippen LogP) is 1.71. The van der Waals surface area contributed by atoms with Crippen LogP contribution in [0.2, 0.25) is 0 Å². The van der Waals surface area contributed by atoms with Crippen LogP contribution in [0.3, 0.4) is 0 Å². The van der Waals surface area contributed by atoms with Crippen LogP contribution in [0.5, 0.6) is 0 Å². The molecule has 2 aromatic heterocycles. The van der Waals surface area contributed by atoms with Gasteiger partial charge < -0.3 is 10.6 Å². The van der Waals surface area contributed by atoms with Crippen LogP contribution in [0.25, 0.3) is 17.2 Å². The first kappa shape index (κ1) is 16.9. The third-order valence-corrected chi connectivity index (χ3v) is 4.06. The highest BCUT2D eigenvalue weighted by Gasteiger charge is 2.06. The van der Waals surface area contributed by atoms with Crippen molar-refractivity contribution >= 4 is 40.6 Å². The number of pyridine rings is 1. The Morgan fingerprint density at radius 1 is 1.15 bits per heavy atom. The Hall–Kier alpha value is -3.55. The zero-order valence-corrected chi connectivity index (χ0v) is 14.9. The first-order valence-electron chi connectivity index (χ1n) is 8.82. The van der Waals surface area contributed by atoms with Gasteiger partial charge in [0.2, 0.25) is 0 Å². The van der Waals surface area contributed by atoms with E-state index in [4.69, 9.17) is 0 Å². The molecule has 3 N–H and O–H groups in total. The summed E-state index contributed by atoms with van der Waals surface area (Å²) in [6, 6.07) is 9.17. The average Bonchev–Trinajstić information content (AvgIpc) is 2.68. The fraction of sp³-hybridized carbons (Fsp3) is 0.211. The largest absolute Gasteiger partial charge is 0.339 e.